The molecule has 2 bridgehead atoms. The average molecular weight is 151 g/mol. The average Bonchev–Trinajstić information content (AvgIpc) is 1.82. The Balaban J connectivity index is 2.15. The van der Waals surface area contributed by atoms with Gasteiger partial charge in [0, 0.05) is 11.6 Å². The van der Waals surface area contributed by atoms with E-state index < -0.39 is 0 Å². The quantitative estimate of drug-likeness (QED) is 0.523. The highest BCUT2D eigenvalue weighted by Crippen LogP contribution is 2.35. The second kappa shape index (κ2) is 2.34. The van der Waals surface area contributed by atoms with Gasteiger partial charge in [-0.1, -0.05) is 18.6 Å². The Morgan fingerprint density at radius 3 is 3.18 bits per heavy atom. The smallest absolute Gasteiger partial charge is 0.0193 e. The molecule has 2 atom stereocenters. The van der Waals surface area contributed by atoms with Gasteiger partial charge in [-0.2, -0.15) is 0 Å². The summed E-state index contributed by atoms with van der Waals surface area (Å²) in [4.78, 5) is 0. The molecule has 2 aliphatic heterocycles. The summed E-state index contributed by atoms with van der Waals surface area (Å²) in [6.45, 7) is 6.44. The van der Waals surface area contributed by atoms with E-state index in [1.54, 1.807) is 0 Å². The molecule has 2 saturated heterocycles. The van der Waals surface area contributed by atoms with Crippen LogP contribution in [0.2, 0.25) is 0 Å². The van der Waals surface area contributed by atoms with Crippen molar-refractivity contribution in [2.45, 2.75) is 50.6 Å². The van der Waals surface area contributed by atoms with Gasteiger partial charge in [0.2, 0.25) is 0 Å². The second-order valence-electron chi connectivity index (χ2n) is 4.43. The zero-order valence-corrected chi connectivity index (χ0v) is 7.32. The molecule has 0 spiro atoms. The minimum absolute atomic E-state index is 0.401. The molecule has 2 heterocycles. The third-order valence-corrected chi connectivity index (χ3v) is 3.01. The van der Waals surface area contributed by atoms with Gasteiger partial charge >= 0.3 is 0 Å². The van der Waals surface area contributed by atoms with E-state index in [0.29, 0.717) is 5.54 Å². The molecule has 1 N–H and O–H groups in total. The number of rotatable bonds is 0. The van der Waals surface area contributed by atoms with Crippen LogP contribution in [0.25, 0.3) is 0 Å². The Labute approximate surface area is 68.9 Å². The lowest BCUT2D eigenvalue weighted by Gasteiger charge is -2.45. The number of hydrogen-bond donors (Lipinski definition) is 1. The molecule has 11 heavy (non-hydrogen) atoms. The van der Waals surface area contributed by atoms with Crippen molar-refractivity contribution < 1.29 is 0 Å². The lowest BCUT2D eigenvalue weighted by atomic mass is 9.76. The van der Waals surface area contributed by atoms with Gasteiger partial charge in [0.1, 0.15) is 0 Å². The maximum atomic E-state index is 4.10. The van der Waals surface area contributed by atoms with Crippen molar-refractivity contribution in [2.24, 2.45) is 0 Å². The molecule has 0 aromatic rings. The number of piperidine rings is 2. The van der Waals surface area contributed by atoms with Crippen LogP contribution >= 0.6 is 0 Å². The van der Waals surface area contributed by atoms with Gasteiger partial charge in [-0.15, -0.1) is 0 Å². The van der Waals surface area contributed by atoms with Crippen molar-refractivity contribution >= 4 is 0 Å². The highest BCUT2D eigenvalue weighted by atomic mass is 15.0. The first kappa shape index (κ1) is 7.35. The first-order chi connectivity index (χ1) is 5.18. The standard InChI is InChI=1S/C10H17N/c1-8-6-9-4-3-5-10(2,7-8)11-9/h9,11H,1,3-7H2,2H3/t9-,10+/m0/s1. The molecule has 62 valence electrons. The van der Waals surface area contributed by atoms with Crippen molar-refractivity contribution in [1.82, 2.24) is 5.32 Å². The van der Waals surface area contributed by atoms with Crippen molar-refractivity contribution in [3.8, 4) is 0 Å². The van der Waals surface area contributed by atoms with Gasteiger partial charge in [0.25, 0.3) is 0 Å². The fourth-order valence-corrected chi connectivity index (χ4v) is 2.64. The predicted molar refractivity (Wildman–Crippen MR) is 47.6 cm³/mol. The van der Waals surface area contributed by atoms with E-state index in [-0.39, 0.29) is 0 Å². The van der Waals surface area contributed by atoms with E-state index in [2.05, 4.69) is 18.8 Å². The molecule has 0 amide bonds. The Kier molecular flexibility index (Phi) is 1.57. The van der Waals surface area contributed by atoms with Crippen LogP contribution in [0.3, 0.4) is 0 Å². The molecule has 0 unspecified atom stereocenters. The van der Waals surface area contributed by atoms with E-state index in [1.807, 2.05) is 0 Å². The number of hydrogen-bond acceptors (Lipinski definition) is 1. The fraction of sp³-hybridized carbons (Fsp3) is 0.800. The topological polar surface area (TPSA) is 12.0 Å². The third-order valence-electron chi connectivity index (χ3n) is 3.01. The number of nitrogens with one attached hydrogen (secondary N) is 1. The summed E-state index contributed by atoms with van der Waals surface area (Å²) in [5.74, 6) is 0. The maximum Gasteiger partial charge on any atom is 0.0193 e. The summed E-state index contributed by atoms with van der Waals surface area (Å²) >= 11 is 0. The van der Waals surface area contributed by atoms with E-state index in [0.717, 1.165) is 6.04 Å². The van der Waals surface area contributed by atoms with Gasteiger partial charge in [-0.25, -0.2) is 0 Å². The van der Waals surface area contributed by atoms with Crippen LogP contribution in [-0.2, 0) is 0 Å². The minimum Gasteiger partial charge on any atom is -0.308 e. The van der Waals surface area contributed by atoms with Crippen LogP contribution in [0.4, 0.5) is 0 Å². The molecule has 0 aromatic carbocycles. The van der Waals surface area contributed by atoms with Crippen LogP contribution < -0.4 is 5.32 Å². The van der Waals surface area contributed by atoms with Crippen LogP contribution in [0.15, 0.2) is 12.2 Å². The largest absolute Gasteiger partial charge is 0.308 e. The fourth-order valence-electron chi connectivity index (χ4n) is 2.64. The second-order valence-corrected chi connectivity index (χ2v) is 4.43. The lowest BCUT2D eigenvalue weighted by Crippen LogP contribution is -2.54. The van der Waals surface area contributed by atoms with Gasteiger partial charge in [-0.05, 0) is 32.6 Å². The molecule has 0 saturated carbocycles. The van der Waals surface area contributed by atoms with Crippen LogP contribution in [0.1, 0.15) is 39.0 Å². The molecular formula is C10H17N. The summed E-state index contributed by atoms with van der Waals surface area (Å²) in [5, 5.41) is 3.70. The summed E-state index contributed by atoms with van der Waals surface area (Å²) in [5.41, 5.74) is 1.86. The predicted octanol–water partition coefficient (Wildman–Crippen LogP) is 2.24. The molecule has 2 rings (SSSR count). The molecule has 0 aliphatic carbocycles. The van der Waals surface area contributed by atoms with E-state index in [4.69, 9.17) is 0 Å². The Morgan fingerprint density at radius 1 is 1.64 bits per heavy atom. The van der Waals surface area contributed by atoms with E-state index >= 15 is 0 Å². The van der Waals surface area contributed by atoms with Crippen molar-refractivity contribution in [3.05, 3.63) is 12.2 Å². The van der Waals surface area contributed by atoms with Crippen LogP contribution in [0, 0.1) is 0 Å². The zero-order chi connectivity index (χ0) is 7.90. The summed E-state index contributed by atoms with van der Waals surface area (Å²) in [6, 6.07) is 0.745. The normalized spacial score (nSPS) is 44.1. The SMILES string of the molecule is C=C1C[C@@H]2CCC[C@](C)(C1)N2. The highest BCUT2D eigenvalue weighted by molar-refractivity contribution is 5.12. The highest BCUT2D eigenvalue weighted by Gasteiger charge is 2.35. The van der Waals surface area contributed by atoms with Crippen molar-refractivity contribution in [3.63, 3.8) is 0 Å². The van der Waals surface area contributed by atoms with Crippen LogP contribution in [-0.4, -0.2) is 11.6 Å². The van der Waals surface area contributed by atoms with E-state index in [9.17, 15) is 0 Å². The first-order valence-electron chi connectivity index (χ1n) is 4.62. The summed E-state index contributed by atoms with van der Waals surface area (Å²) < 4.78 is 0. The zero-order valence-electron chi connectivity index (χ0n) is 7.32. The molecule has 2 aliphatic rings. The van der Waals surface area contributed by atoms with E-state index in [1.165, 1.54) is 37.7 Å². The van der Waals surface area contributed by atoms with Crippen molar-refractivity contribution in [1.29, 1.82) is 0 Å². The van der Waals surface area contributed by atoms with Gasteiger partial charge in [0.05, 0.1) is 0 Å². The summed E-state index contributed by atoms with van der Waals surface area (Å²) in [7, 11) is 0. The maximum absolute atomic E-state index is 4.10. The minimum atomic E-state index is 0.401. The van der Waals surface area contributed by atoms with Crippen molar-refractivity contribution in [2.75, 3.05) is 0 Å². The van der Waals surface area contributed by atoms with Gasteiger partial charge in [-0.3, -0.25) is 0 Å². The first-order valence-corrected chi connectivity index (χ1v) is 4.62. The molecular weight excluding hydrogens is 134 g/mol. The number of fused-ring (bicyclic) bond motifs is 2. The van der Waals surface area contributed by atoms with Gasteiger partial charge in [0.15, 0.2) is 0 Å². The molecule has 1 nitrogen and oxygen atoms in total. The molecule has 0 radical (unpaired) electrons. The van der Waals surface area contributed by atoms with Gasteiger partial charge < -0.3 is 5.32 Å². The van der Waals surface area contributed by atoms with Crippen LogP contribution in [0.5, 0.6) is 0 Å². The Bertz CT molecular complexity index is 185. The molecule has 0 aromatic heterocycles. The summed E-state index contributed by atoms with van der Waals surface area (Å²) in [6.07, 6.45) is 6.51. The Morgan fingerprint density at radius 2 is 2.45 bits per heavy atom. The monoisotopic (exact) mass is 151 g/mol. The third kappa shape index (κ3) is 1.34. The molecule has 1 heteroatoms. The Hall–Kier alpha value is -0.300. The molecule has 2 fully saturated rings. The lowest BCUT2D eigenvalue weighted by molar-refractivity contribution is 0.191.